The molecule has 1 aromatic rings. The summed E-state index contributed by atoms with van der Waals surface area (Å²) in [4.78, 5) is 0. The van der Waals surface area contributed by atoms with Gasteiger partial charge in [-0.1, -0.05) is 6.07 Å². The van der Waals surface area contributed by atoms with Crippen LogP contribution in [0.25, 0.3) is 0 Å². The van der Waals surface area contributed by atoms with E-state index in [0.717, 1.165) is 5.69 Å². The summed E-state index contributed by atoms with van der Waals surface area (Å²) in [5, 5.41) is 12.3. The highest BCUT2D eigenvalue weighted by Gasteiger charge is 2.17. The highest BCUT2D eigenvalue weighted by atomic mass is 16.5. The van der Waals surface area contributed by atoms with Crippen LogP contribution in [0, 0.1) is 0 Å². The van der Waals surface area contributed by atoms with Gasteiger partial charge >= 0.3 is 0 Å². The monoisotopic (exact) mass is 210 g/mol. The van der Waals surface area contributed by atoms with Gasteiger partial charge in [0.25, 0.3) is 0 Å². The number of anilines is 2. The van der Waals surface area contributed by atoms with Gasteiger partial charge in [0.05, 0.1) is 30.6 Å². The summed E-state index contributed by atoms with van der Waals surface area (Å²) in [5.41, 5.74) is 6.81. The molecule has 0 saturated heterocycles. The van der Waals surface area contributed by atoms with Crippen molar-refractivity contribution in [3.05, 3.63) is 18.2 Å². The third-order valence-electron chi connectivity index (χ3n) is 2.15. The van der Waals surface area contributed by atoms with E-state index in [1.807, 2.05) is 26.0 Å². The van der Waals surface area contributed by atoms with Crippen molar-refractivity contribution in [1.82, 2.24) is 0 Å². The lowest BCUT2D eigenvalue weighted by Crippen LogP contribution is -2.35. The number of benzene rings is 1. The van der Waals surface area contributed by atoms with E-state index in [-0.39, 0.29) is 6.61 Å². The van der Waals surface area contributed by atoms with Gasteiger partial charge in [-0.15, -0.1) is 0 Å². The minimum Gasteiger partial charge on any atom is -0.495 e. The van der Waals surface area contributed by atoms with Crippen molar-refractivity contribution in [1.29, 1.82) is 0 Å². The van der Waals surface area contributed by atoms with E-state index in [4.69, 9.17) is 15.6 Å². The Labute approximate surface area is 90.1 Å². The number of hydrogen-bond donors (Lipinski definition) is 3. The molecule has 0 aliphatic rings. The predicted molar refractivity (Wildman–Crippen MR) is 62.2 cm³/mol. The molecular formula is C11H18N2O2. The molecule has 0 heterocycles. The molecule has 0 aromatic heterocycles. The van der Waals surface area contributed by atoms with Gasteiger partial charge in [-0.3, -0.25) is 0 Å². The Kier molecular flexibility index (Phi) is 3.42. The smallest absolute Gasteiger partial charge is 0.143 e. The molecule has 1 rings (SSSR count). The second-order valence-electron chi connectivity index (χ2n) is 4.09. The average Bonchev–Trinajstić information content (AvgIpc) is 2.21. The number of aliphatic hydroxyl groups is 1. The van der Waals surface area contributed by atoms with Crippen molar-refractivity contribution >= 4 is 11.4 Å². The molecule has 4 heteroatoms. The molecule has 4 N–H and O–H groups in total. The molecule has 15 heavy (non-hydrogen) atoms. The molecule has 0 aliphatic carbocycles. The number of nitrogen functional groups attached to an aromatic ring is 1. The van der Waals surface area contributed by atoms with E-state index in [1.165, 1.54) is 0 Å². The number of para-hydroxylation sites is 1. The Morgan fingerprint density at radius 1 is 1.47 bits per heavy atom. The molecule has 0 amide bonds. The third kappa shape index (κ3) is 2.76. The van der Waals surface area contributed by atoms with E-state index in [9.17, 15) is 0 Å². The summed E-state index contributed by atoms with van der Waals surface area (Å²) >= 11 is 0. The number of nitrogens with one attached hydrogen (secondary N) is 1. The fraction of sp³-hybridized carbons (Fsp3) is 0.455. The molecule has 0 atom stereocenters. The number of methoxy groups -OCH3 is 1. The number of hydrogen-bond acceptors (Lipinski definition) is 4. The SMILES string of the molecule is COc1cccc(NC(C)(C)CO)c1N. The van der Waals surface area contributed by atoms with Gasteiger partial charge in [0.15, 0.2) is 0 Å². The lowest BCUT2D eigenvalue weighted by Gasteiger charge is -2.26. The standard InChI is InChI=1S/C11H18N2O2/c1-11(2,7-14)13-8-5-4-6-9(15-3)10(8)12/h4-6,13-14H,7,12H2,1-3H3. The van der Waals surface area contributed by atoms with Crippen LogP contribution < -0.4 is 15.8 Å². The van der Waals surface area contributed by atoms with Crippen molar-refractivity contribution in [2.24, 2.45) is 0 Å². The maximum Gasteiger partial charge on any atom is 0.143 e. The van der Waals surface area contributed by atoms with E-state index < -0.39 is 5.54 Å². The lowest BCUT2D eigenvalue weighted by molar-refractivity contribution is 0.234. The minimum absolute atomic E-state index is 0.0314. The first-order valence-electron chi connectivity index (χ1n) is 4.81. The van der Waals surface area contributed by atoms with Crippen molar-refractivity contribution in [2.75, 3.05) is 24.8 Å². The van der Waals surface area contributed by atoms with Crippen LogP contribution in [0.4, 0.5) is 11.4 Å². The van der Waals surface area contributed by atoms with Crippen LogP contribution >= 0.6 is 0 Å². The zero-order valence-electron chi connectivity index (χ0n) is 9.37. The largest absolute Gasteiger partial charge is 0.495 e. The molecular weight excluding hydrogens is 192 g/mol. The van der Waals surface area contributed by atoms with E-state index in [0.29, 0.717) is 11.4 Å². The summed E-state index contributed by atoms with van der Waals surface area (Å²) in [5.74, 6) is 0.633. The third-order valence-corrected chi connectivity index (χ3v) is 2.15. The first-order valence-corrected chi connectivity index (χ1v) is 4.81. The number of aliphatic hydroxyl groups excluding tert-OH is 1. The Morgan fingerprint density at radius 3 is 2.67 bits per heavy atom. The first-order chi connectivity index (χ1) is 7.00. The van der Waals surface area contributed by atoms with Gasteiger partial charge in [-0.2, -0.15) is 0 Å². The van der Waals surface area contributed by atoms with E-state index in [2.05, 4.69) is 5.32 Å². The summed E-state index contributed by atoms with van der Waals surface area (Å²) in [6.45, 7) is 3.82. The van der Waals surface area contributed by atoms with Gasteiger partial charge in [0.1, 0.15) is 5.75 Å². The molecule has 0 bridgehead atoms. The number of ether oxygens (including phenoxy) is 1. The predicted octanol–water partition coefficient (Wildman–Crippen LogP) is 1.46. The van der Waals surface area contributed by atoms with Gasteiger partial charge in [-0.25, -0.2) is 0 Å². The van der Waals surface area contributed by atoms with Crippen LogP contribution in [-0.4, -0.2) is 24.4 Å². The van der Waals surface area contributed by atoms with Crippen LogP contribution in [-0.2, 0) is 0 Å². The first kappa shape index (κ1) is 11.7. The molecule has 84 valence electrons. The summed E-state index contributed by atoms with van der Waals surface area (Å²) < 4.78 is 5.11. The quantitative estimate of drug-likeness (QED) is 0.658. The van der Waals surface area contributed by atoms with Gasteiger partial charge in [-0.05, 0) is 26.0 Å². The Bertz CT molecular complexity index is 337. The van der Waals surface area contributed by atoms with Crippen LogP contribution in [0.1, 0.15) is 13.8 Å². The summed E-state index contributed by atoms with van der Waals surface area (Å²) in [6, 6.07) is 5.51. The lowest BCUT2D eigenvalue weighted by atomic mass is 10.1. The molecule has 0 unspecified atom stereocenters. The zero-order chi connectivity index (χ0) is 11.5. The Morgan fingerprint density at radius 2 is 2.13 bits per heavy atom. The fourth-order valence-electron chi connectivity index (χ4n) is 1.24. The van der Waals surface area contributed by atoms with Gasteiger partial charge < -0.3 is 20.9 Å². The maximum atomic E-state index is 9.14. The molecule has 0 saturated carbocycles. The van der Waals surface area contributed by atoms with Crippen molar-refractivity contribution in [2.45, 2.75) is 19.4 Å². The maximum absolute atomic E-state index is 9.14. The van der Waals surface area contributed by atoms with Crippen LogP contribution in [0.2, 0.25) is 0 Å². The van der Waals surface area contributed by atoms with Crippen molar-refractivity contribution in [3.8, 4) is 5.75 Å². The summed E-state index contributed by atoms with van der Waals surface area (Å²) in [7, 11) is 1.58. The highest BCUT2D eigenvalue weighted by molar-refractivity contribution is 5.73. The Hall–Kier alpha value is -1.42. The molecule has 0 aliphatic heterocycles. The number of nitrogens with two attached hydrogens (primary N) is 1. The molecule has 0 fully saturated rings. The van der Waals surface area contributed by atoms with Crippen molar-refractivity contribution < 1.29 is 9.84 Å². The second-order valence-corrected chi connectivity index (χ2v) is 4.09. The highest BCUT2D eigenvalue weighted by Crippen LogP contribution is 2.30. The fourth-order valence-corrected chi connectivity index (χ4v) is 1.24. The van der Waals surface area contributed by atoms with Gasteiger partial charge in [0.2, 0.25) is 0 Å². The van der Waals surface area contributed by atoms with Crippen LogP contribution in [0.15, 0.2) is 18.2 Å². The molecule has 0 spiro atoms. The molecule has 1 aromatic carbocycles. The van der Waals surface area contributed by atoms with Gasteiger partial charge in [0, 0.05) is 0 Å². The summed E-state index contributed by atoms with van der Waals surface area (Å²) in [6.07, 6.45) is 0. The average molecular weight is 210 g/mol. The topological polar surface area (TPSA) is 67.5 Å². The molecule has 0 radical (unpaired) electrons. The van der Waals surface area contributed by atoms with E-state index in [1.54, 1.807) is 13.2 Å². The Balaban J connectivity index is 2.95. The zero-order valence-corrected chi connectivity index (χ0v) is 9.37. The minimum atomic E-state index is -0.402. The normalized spacial score (nSPS) is 11.2. The van der Waals surface area contributed by atoms with Crippen LogP contribution in [0.3, 0.4) is 0 Å². The number of rotatable bonds is 4. The second kappa shape index (κ2) is 4.40. The van der Waals surface area contributed by atoms with E-state index >= 15 is 0 Å². The van der Waals surface area contributed by atoms with Crippen molar-refractivity contribution in [3.63, 3.8) is 0 Å². The molecule has 4 nitrogen and oxygen atoms in total. The van der Waals surface area contributed by atoms with Crippen LogP contribution in [0.5, 0.6) is 5.75 Å².